The second-order valence-electron chi connectivity index (χ2n) is 6.41. The number of nitrogens with one attached hydrogen (secondary N) is 1. The molecule has 3 N–H and O–H groups in total. The zero-order valence-electron chi connectivity index (χ0n) is 12.9. The molecule has 0 spiro atoms. The number of benzene rings is 1. The van der Waals surface area contributed by atoms with Crippen molar-refractivity contribution in [1.82, 2.24) is 5.32 Å². The molecule has 1 aromatic rings. The Kier molecular flexibility index (Phi) is 4.79. The Morgan fingerprint density at radius 1 is 1.52 bits per heavy atom. The molecule has 1 aliphatic heterocycles. The Bertz CT molecular complexity index is 532. The van der Waals surface area contributed by atoms with Crippen LogP contribution in [0.25, 0.3) is 0 Å². The number of nitrogens with two attached hydrogens (primary N) is 1. The first kappa shape index (κ1) is 16.1. The maximum Gasteiger partial charge on any atom is 0.225 e. The third-order valence-corrected chi connectivity index (χ3v) is 4.39. The predicted octanol–water partition coefficient (Wildman–Crippen LogP) is 2.54. The molecule has 1 fully saturated rings. The average molecular weight is 310 g/mol. The summed E-state index contributed by atoms with van der Waals surface area (Å²) in [6.07, 6.45) is 0.794. The SMILES string of the molecule is CC(C)NCc1cc(Cl)ccc1N1CCC(C)(C(N)=O)C1. The summed E-state index contributed by atoms with van der Waals surface area (Å²) in [7, 11) is 0. The number of anilines is 1. The fourth-order valence-electron chi connectivity index (χ4n) is 2.69. The number of carbonyl (C=O) groups is 1. The lowest BCUT2D eigenvalue weighted by atomic mass is 9.89. The molecule has 1 aromatic carbocycles. The summed E-state index contributed by atoms with van der Waals surface area (Å²) >= 11 is 6.12. The van der Waals surface area contributed by atoms with E-state index in [1.54, 1.807) is 0 Å². The second-order valence-corrected chi connectivity index (χ2v) is 6.84. The topological polar surface area (TPSA) is 58.4 Å². The quantitative estimate of drug-likeness (QED) is 0.879. The molecule has 2 rings (SSSR count). The van der Waals surface area contributed by atoms with Crippen molar-refractivity contribution < 1.29 is 4.79 Å². The van der Waals surface area contributed by atoms with Crippen molar-refractivity contribution in [2.24, 2.45) is 11.1 Å². The first-order valence-corrected chi connectivity index (χ1v) is 7.76. The van der Waals surface area contributed by atoms with E-state index in [2.05, 4.69) is 24.1 Å². The normalized spacial score (nSPS) is 22.0. The van der Waals surface area contributed by atoms with E-state index in [-0.39, 0.29) is 5.91 Å². The van der Waals surface area contributed by atoms with Crippen LogP contribution in [0.4, 0.5) is 5.69 Å². The maximum absolute atomic E-state index is 11.6. The van der Waals surface area contributed by atoms with Crippen LogP contribution in [-0.2, 0) is 11.3 Å². The number of primary amides is 1. The van der Waals surface area contributed by atoms with Crippen molar-refractivity contribution in [1.29, 1.82) is 0 Å². The van der Waals surface area contributed by atoms with Crippen LogP contribution < -0.4 is 16.0 Å². The highest BCUT2D eigenvalue weighted by Gasteiger charge is 2.39. The van der Waals surface area contributed by atoms with Crippen molar-refractivity contribution in [2.75, 3.05) is 18.0 Å². The molecule has 1 saturated heterocycles. The second kappa shape index (κ2) is 6.24. The largest absolute Gasteiger partial charge is 0.370 e. The van der Waals surface area contributed by atoms with Crippen LogP contribution in [0.5, 0.6) is 0 Å². The predicted molar refractivity (Wildman–Crippen MR) is 87.6 cm³/mol. The summed E-state index contributed by atoms with van der Waals surface area (Å²) in [6.45, 7) is 8.44. The minimum atomic E-state index is -0.442. The number of rotatable bonds is 5. The molecule has 116 valence electrons. The van der Waals surface area contributed by atoms with E-state index in [4.69, 9.17) is 17.3 Å². The van der Waals surface area contributed by atoms with Crippen LogP contribution in [0, 0.1) is 5.41 Å². The minimum absolute atomic E-state index is 0.221. The molecule has 1 amide bonds. The summed E-state index contributed by atoms with van der Waals surface area (Å²) < 4.78 is 0. The molecule has 0 aromatic heterocycles. The lowest BCUT2D eigenvalue weighted by molar-refractivity contribution is -0.125. The molecule has 5 heteroatoms. The standard InChI is InChI=1S/C16H24ClN3O/c1-11(2)19-9-12-8-13(17)4-5-14(12)20-7-6-16(3,10-20)15(18)21/h4-5,8,11,19H,6-7,9-10H2,1-3H3,(H2,18,21). The van der Waals surface area contributed by atoms with E-state index in [0.29, 0.717) is 12.6 Å². The van der Waals surface area contributed by atoms with Crippen LogP contribution >= 0.6 is 11.6 Å². The van der Waals surface area contributed by atoms with E-state index in [1.165, 1.54) is 0 Å². The van der Waals surface area contributed by atoms with Gasteiger partial charge >= 0.3 is 0 Å². The molecule has 0 bridgehead atoms. The summed E-state index contributed by atoms with van der Waals surface area (Å²) in [4.78, 5) is 13.9. The molecule has 0 radical (unpaired) electrons. The number of nitrogens with zero attached hydrogens (tertiary/aromatic N) is 1. The molecule has 1 aliphatic rings. The van der Waals surface area contributed by atoms with E-state index in [1.807, 2.05) is 25.1 Å². The number of halogens is 1. The van der Waals surface area contributed by atoms with Gasteiger partial charge in [0, 0.05) is 36.4 Å². The Labute approximate surface area is 131 Å². The Hall–Kier alpha value is -1.26. The van der Waals surface area contributed by atoms with E-state index >= 15 is 0 Å². The highest BCUT2D eigenvalue weighted by molar-refractivity contribution is 6.30. The lowest BCUT2D eigenvalue weighted by Crippen LogP contribution is -2.37. The first-order chi connectivity index (χ1) is 9.82. The van der Waals surface area contributed by atoms with Gasteiger partial charge in [0.2, 0.25) is 5.91 Å². The number of carbonyl (C=O) groups excluding carboxylic acids is 1. The summed E-state index contributed by atoms with van der Waals surface area (Å²) in [5.41, 5.74) is 7.39. The fourth-order valence-corrected chi connectivity index (χ4v) is 2.88. The molecule has 21 heavy (non-hydrogen) atoms. The average Bonchev–Trinajstić information content (AvgIpc) is 2.80. The highest BCUT2D eigenvalue weighted by atomic mass is 35.5. The van der Waals surface area contributed by atoms with Crippen LogP contribution in [0.15, 0.2) is 18.2 Å². The molecule has 4 nitrogen and oxygen atoms in total. The number of amides is 1. The zero-order chi connectivity index (χ0) is 15.6. The van der Waals surface area contributed by atoms with Crippen molar-refractivity contribution in [3.63, 3.8) is 0 Å². The van der Waals surface area contributed by atoms with Crippen molar-refractivity contribution in [3.8, 4) is 0 Å². The lowest BCUT2D eigenvalue weighted by Gasteiger charge is -2.25. The summed E-state index contributed by atoms with van der Waals surface area (Å²) in [6, 6.07) is 6.33. The minimum Gasteiger partial charge on any atom is -0.370 e. The number of hydrogen-bond donors (Lipinski definition) is 2. The van der Waals surface area contributed by atoms with Gasteiger partial charge in [-0.2, -0.15) is 0 Å². The van der Waals surface area contributed by atoms with Gasteiger partial charge in [-0.15, -0.1) is 0 Å². The third-order valence-electron chi connectivity index (χ3n) is 4.15. The van der Waals surface area contributed by atoms with Crippen LogP contribution in [0.3, 0.4) is 0 Å². The first-order valence-electron chi connectivity index (χ1n) is 7.38. The molecular weight excluding hydrogens is 286 g/mol. The van der Waals surface area contributed by atoms with Crippen LogP contribution in [0.1, 0.15) is 32.8 Å². The van der Waals surface area contributed by atoms with Gasteiger partial charge in [-0.3, -0.25) is 4.79 Å². The van der Waals surface area contributed by atoms with Crippen molar-refractivity contribution >= 4 is 23.2 Å². The smallest absolute Gasteiger partial charge is 0.225 e. The van der Waals surface area contributed by atoms with Crippen LogP contribution in [0.2, 0.25) is 5.02 Å². The molecule has 1 unspecified atom stereocenters. The maximum atomic E-state index is 11.6. The van der Waals surface area contributed by atoms with Gasteiger partial charge < -0.3 is 16.0 Å². The monoisotopic (exact) mass is 309 g/mol. The molecule has 1 atom stereocenters. The third kappa shape index (κ3) is 3.69. The Balaban J connectivity index is 2.22. The van der Waals surface area contributed by atoms with Crippen molar-refractivity contribution in [2.45, 2.75) is 39.8 Å². The highest BCUT2D eigenvalue weighted by Crippen LogP contribution is 2.35. The van der Waals surface area contributed by atoms with Gasteiger partial charge in [0.1, 0.15) is 0 Å². The van der Waals surface area contributed by atoms with E-state index < -0.39 is 5.41 Å². The summed E-state index contributed by atoms with van der Waals surface area (Å²) in [5.74, 6) is -0.221. The Morgan fingerprint density at radius 3 is 2.81 bits per heavy atom. The van der Waals surface area contributed by atoms with E-state index in [0.717, 1.165) is 35.8 Å². The fraction of sp³-hybridized carbons (Fsp3) is 0.562. The molecule has 0 aliphatic carbocycles. The summed E-state index contributed by atoms with van der Waals surface area (Å²) in [5, 5.41) is 4.15. The molecule has 0 saturated carbocycles. The van der Waals surface area contributed by atoms with Crippen molar-refractivity contribution in [3.05, 3.63) is 28.8 Å². The van der Waals surface area contributed by atoms with Gasteiger partial charge in [0.05, 0.1) is 5.41 Å². The zero-order valence-corrected chi connectivity index (χ0v) is 13.7. The van der Waals surface area contributed by atoms with Gasteiger partial charge in [0.25, 0.3) is 0 Å². The van der Waals surface area contributed by atoms with Gasteiger partial charge in [-0.25, -0.2) is 0 Å². The van der Waals surface area contributed by atoms with Gasteiger partial charge in [-0.1, -0.05) is 25.4 Å². The molecule has 1 heterocycles. The van der Waals surface area contributed by atoms with Crippen LogP contribution in [-0.4, -0.2) is 25.0 Å². The van der Waals surface area contributed by atoms with Gasteiger partial charge in [-0.05, 0) is 37.1 Å². The number of hydrogen-bond acceptors (Lipinski definition) is 3. The van der Waals surface area contributed by atoms with E-state index in [9.17, 15) is 4.79 Å². The molecular formula is C16H24ClN3O. The Morgan fingerprint density at radius 2 is 2.24 bits per heavy atom. The van der Waals surface area contributed by atoms with Gasteiger partial charge in [0.15, 0.2) is 0 Å².